The van der Waals surface area contributed by atoms with Crippen molar-refractivity contribution in [3.63, 3.8) is 0 Å². The number of fused-ring (bicyclic) bond motifs is 1. The summed E-state index contributed by atoms with van der Waals surface area (Å²) in [6.45, 7) is 7.66. The van der Waals surface area contributed by atoms with E-state index >= 15 is 0 Å². The SMILES string of the molecule is Cc1cnn(CC(=O)N[C@H](c2ccc3c(c2)OCCCO3)C(C)C)c1. The third-order valence-corrected chi connectivity index (χ3v) is 4.18. The quantitative estimate of drug-likeness (QED) is 0.907. The molecule has 1 atom stereocenters. The second-order valence-electron chi connectivity index (χ2n) is 6.76. The van der Waals surface area contributed by atoms with Crippen LogP contribution in [-0.4, -0.2) is 28.9 Å². The molecule has 1 aromatic carbocycles. The van der Waals surface area contributed by atoms with E-state index in [2.05, 4.69) is 24.3 Å². The number of benzene rings is 1. The van der Waals surface area contributed by atoms with Gasteiger partial charge in [0.25, 0.3) is 0 Å². The number of nitrogens with one attached hydrogen (secondary N) is 1. The van der Waals surface area contributed by atoms with Gasteiger partial charge in [-0.1, -0.05) is 19.9 Å². The third-order valence-electron chi connectivity index (χ3n) is 4.18. The maximum absolute atomic E-state index is 12.4. The highest BCUT2D eigenvalue weighted by molar-refractivity contribution is 5.76. The van der Waals surface area contributed by atoms with Crippen molar-refractivity contribution in [3.8, 4) is 11.5 Å². The summed E-state index contributed by atoms with van der Waals surface area (Å²) in [5, 5.41) is 7.28. The number of ether oxygens (including phenoxy) is 2. The largest absolute Gasteiger partial charge is 0.490 e. The lowest BCUT2D eigenvalue weighted by molar-refractivity contribution is -0.122. The minimum absolute atomic E-state index is 0.0612. The first-order valence-corrected chi connectivity index (χ1v) is 8.71. The van der Waals surface area contributed by atoms with Crippen molar-refractivity contribution in [1.29, 1.82) is 0 Å². The normalized spacial score (nSPS) is 14.9. The van der Waals surface area contributed by atoms with Gasteiger partial charge in [0.15, 0.2) is 11.5 Å². The van der Waals surface area contributed by atoms with Gasteiger partial charge >= 0.3 is 0 Å². The monoisotopic (exact) mass is 343 g/mol. The van der Waals surface area contributed by atoms with Crippen molar-refractivity contribution in [3.05, 3.63) is 41.7 Å². The van der Waals surface area contributed by atoms with Crippen LogP contribution in [0.25, 0.3) is 0 Å². The molecule has 6 heteroatoms. The molecule has 1 aliphatic heterocycles. The van der Waals surface area contributed by atoms with E-state index in [-0.39, 0.29) is 24.4 Å². The molecule has 2 heterocycles. The van der Waals surface area contributed by atoms with E-state index < -0.39 is 0 Å². The van der Waals surface area contributed by atoms with Crippen LogP contribution in [0.5, 0.6) is 11.5 Å². The zero-order valence-corrected chi connectivity index (χ0v) is 15.0. The first kappa shape index (κ1) is 17.3. The van der Waals surface area contributed by atoms with Crippen molar-refractivity contribution >= 4 is 5.91 Å². The summed E-state index contributed by atoms with van der Waals surface area (Å²) < 4.78 is 13.1. The van der Waals surface area contributed by atoms with Gasteiger partial charge in [-0.2, -0.15) is 5.10 Å². The van der Waals surface area contributed by atoms with Crippen LogP contribution < -0.4 is 14.8 Å². The molecule has 1 aliphatic rings. The van der Waals surface area contributed by atoms with Gasteiger partial charge in [-0.15, -0.1) is 0 Å². The van der Waals surface area contributed by atoms with Gasteiger partial charge < -0.3 is 14.8 Å². The Bertz CT molecular complexity index is 739. The standard InChI is InChI=1S/C19H25N3O3/c1-13(2)19(21-18(23)12-22-11-14(3)10-20-22)15-5-6-16-17(9-15)25-8-4-7-24-16/h5-6,9-11,13,19H,4,7-8,12H2,1-3H3,(H,21,23)/t19-/m0/s1. The molecule has 134 valence electrons. The van der Waals surface area contributed by atoms with Gasteiger partial charge in [-0.05, 0) is 36.1 Å². The average Bonchev–Trinajstić information content (AvgIpc) is 2.83. The van der Waals surface area contributed by atoms with Crippen LogP contribution in [0.15, 0.2) is 30.6 Å². The number of aryl methyl sites for hydroxylation is 1. The predicted molar refractivity (Wildman–Crippen MR) is 94.7 cm³/mol. The zero-order chi connectivity index (χ0) is 17.8. The molecule has 0 fully saturated rings. The first-order chi connectivity index (χ1) is 12.0. The molecule has 0 aliphatic carbocycles. The van der Waals surface area contributed by atoms with Gasteiger partial charge in [0.05, 0.1) is 25.5 Å². The van der Waals surface area contributed by atoms with Gasteiger partial charge in [-0.25, -0.2) is 0 Å². The van der Waals surface area contributed by atoms with Crippen LogP contribution in [0.1, 0.15) is 37.4 Å². The smallest absolute Gasteiger partial charge is 0.242 e. The van der Waals surface area contributed by atoms with Crippen molar-refractivity contribution in [1.82, 2.24) is 15.1 Å². The van der Waals surface area contributed by atoms with E-state index in [0.717, 1.165) is 29.0 Å². The molecule has 1 aromatic heterocycles. The van der Waals surface area contributed by atoms with Crippen molar-refractivity contribution in [2.24, 2.45) is 5.92 Å². The van der Waals surface area contributed by atoms with Crippen LogP contribution in [-0.2, 0) is 11.3 Å². The topological polar surface area (TPSA) is 65.4 Å². The first-order valence-electron chi connectivity index (χ1n) is 8.71. The zero-order valence-electron chi connectivity index (χ0n) is 15.0. The Morgan fingerprint density at radius 2 is 2.04 bits per heavy atom. The van der Waals surface area contributed by atoms with Crippen molar-refractivity contribution < 1.29 is 14.3 Å². The van der Waals surface area contributed by atoms with Crippen molar-refractivity contribution in [2.75, 3.05) is 13.2 Å². The molecule has 25 heavy (non-hydrogen) atoms. The third kappa shape index (κ3) is 4.32. The molecule has 1 amide bonds. The van der Waals surface area contributed by atoms with Crippen LogP contribution in [0, 0.1) is 12.8 Å². The number of carbonyl (C=O) groups is 1. The van der Waals surface area contributed by atoms with Gasteiger partial charge in [-0.3, -0.25) is 9.48 Å². The molecule has 0 saturated heterocycles. The Balaban J connectivity index is 1.74. The van der Waals surface area contributed by atoms with E-state index in [1.807, 2.05) is 31.3 Å². The summed E-state index contributed by atoms with van der Waals surface area (Å²) in [6, 6.07) is 5.80. The lowest BCUT2D eigenvalue weighted by atomic mass is 9.95. The molecule has 0 saturated carbocycles. The molecular formula is C19H25N3O3. The molecule has 2 aromatic rings. The summed E-state index contributed by atoms with van der Waals surface area (Å²) in [7, 11) is 0. The van der Waals surface area contributed by atoms with Crippen LogP contribution in [0.4, 0.5) is 0 Å². The lowest BCUT2D eigenvalue weighted by Crippen LogP contribution is -2.34. The summed E-state index contributed by atoms with van der Waals surface area (Å²) >= 11 is 0. The van der Waals surface area contributed by atoms with Crippen LogP contribution >= 0.6 is 0 Å². The van der Waals surface area contributed by atoms with E-state index in [4.69, 9.17) is 9.47 Å². The van der Waals surface area contributed by atoms with E-state index in [1.165, 1.54) is 0 Å². The number of amides is 1. The number of nitrogens with zero attached hydrogens (tertiary/aromatic N) is 2. The minimum atomic E-state index is -0.0960. The minimum Gasteiger partial charge on any atom is -0.490 e. The second-order valence-corrected chi connectivity index (χ2v) is 6.76. The molecular weight excluding hydrogens is 318 g/mol. The summed E-state index contributed by atoms with van der Waals surface area (Å²) in [5.74, 6) is 1.70. The van der Waals surface area contributed by atoms with Crippen molar-refractivity contribution in [2.45, 2.75) is 39.8 Å². The summed E-state index contributed by atoms with van der Waals surface area (Å²) in [5.41, 5.74) is 2.06. The number of carbonyl (C=O) groups excluding carboxylic acids is 1. The molecule has 0 spiro atoms. The maximum Gasteiger partial charge on any atom is 0.242 e. The van der Waals surface area contributed by atoms with Gasteiger partial charge in [0, 0.05) is 12.6 Å². The predicted octanol–water partition coefficient (Wildman–Crippen LogP) is 2.87. The van der Waals surface area contributed by atoms with E-state index in [0.29, 0.717) is 13.2 Å². The second kappa shape index (κ2) is 7.59. The maximum atomic E-state index is 12.4. The Labute approximate surface area is 148 Å². The number of hydrogen-bond donors (Lipinski definition) is 1. The molecule has 1 N–H and O–H groups in total. The molecule has 0 unspecified atom stereocenters. The van der Waals surface area contributed by atoms with E-state index in [9.17, 15) is 4.79 Å². The van der Waals surface area contributed by atoms with Gasteiger partial charge in [0.1, 0.15) is 6.54 Å². The number of hydrogen-bond acceptors (Lipinski definition) is 4. The molecule has 3 rings (SSSR count). The highest BCUT2D eigenvalue weighted by Crippen LogP contribution is 2.34. The highest BCUT2D eigenvalue weighted by Gasteiger charge is 2.21. The molecule has 0 bridgehead atoms. The average molecular weight is 343 g/mol. The highest BCUT2D eigenvalue weighted by atomic mass is 16.5. The number of aromatic nitrogens is 2. The van der Waals surface area contributed by atoms with Crippen LogP contribution in [0.2, 0.25) is 0 Å². The van der Waals surface area contributed by atoms with Crippen LogP contribution in [0.3, 0.4) is 0 Å². The Kier molecular flexibility index (Phi) is 5.26. The summed E-state index contributed by atoms with van der Waals surface area (Å²) in [6.07, 6.45) is 4.48. The lowest BCUT2D eigenvalue weighted by Gasteiger charge is -2.24. The van der Waals surface area contributed by atoms with E-state index in [1.54, 1.807) is 10.9 Å². The number of rotatable bonds is 5. The Hall–Kier alpha value is -2.50. The molecule has 6 nitrogen and oxygen atoms in total. The Morgan fingerprint density at radius 3 is 2.72 bits per heavy atom. The Morgan fingerprint density at radius 1 is 1.28 bits per heavy atom. The van der Waals surface area contributed by atoms with Gasteiger partial charge in [0.2, 0.25) is 5.91 Å². The fourth-order valence-corrected chi connectivity index (χ4v) is 2.93. The summed E-state index contributed by atoms with van der Waals surface area (Å²) in [4.78, 5) is 12.4. The fourth-order valence-electron chi connectivity index (χ4n) is 2.93. The fraction of sp³-hybridized carbons (Fsp3) is 0.474. The molecule has 0 radical (unpaired) electrons.